The topological polar surface area (TPSA) is 39.1 Å². The Morgan fingerprint density at radius 3 is 2.50 bits per heavy atom. The molecule has 16 heavy (non-hydrogen) atoms. The average molecular weight is 221 g/mol. The van der Waals surface area contributed by atoms with Gasteiger partial charge in [0.05, 0.1) is 6.07 Å². The summed E-state index contributed by atoms with van der Waals surface area (Å²) in [6.07, 6.45) is 5.20. The van der Waals surface area contributed by atoms with Crippen LogP contribution in [0.15, 0.2) is 0 Å². The van der Waals surface area contributed by atoms with Crippen molar-refractivity contribution in [2.45, 2.75) is 57.2 Å². The first-order chi connectivity index (χ1) is 7.54. The van der Waals surface area contributed by atoms with Crippen molar-refractivity contribution < 1.29 is 0 Å². The van der Waals surface area contributed by atoms with Gasteiger partial charge in [0.25, 0.3) is 0 Å². The molecule has 2 rings (SSSR count). The molecular weight excluding hydrogens is 198 g/mol. The van der Waals surface area contributed by atoms with Gasteiger partial charge in [-0.2, -0.15) is 5.26 Å². The third-order valence-corrected chi connectivity index (χ3v) is 3.91. The highest BCUT2D eigenvalue weighted by Crippen LogP contribution is 2.35. The number of nitrogens with one attached hydrogen (secondary N) is 1. The SMILES string of the molecule is CC(C1CC1)N(C)CC(C)(C#N)NC1CC1. The zero-order valence-corrected chi connectivity index (χ0v) is 10.7. The van der Waals surface area contributed by atoms with E-state index >= 15 is 0 Å². The quantitative estimate of drug-likeness (QED) is 0.742. The van der Waals surface area contributed by atoms with E-state index in [1.165, 1.54) is 25.7 Å². The molecule has 3 nitrogen and oxygen atoms in total. The lowest BCUT2D eigenvalue weighted by atomic mass is 10.0. The largest absolute Gasteiger partial charge is 0.301 e. The number of hydrogen-bond donors (Lipinski definition) is 1. The van der Waals surface area contributed by atoms with Crippen molar-refractivity contribution in [3.05, 3.63) is 0 Å². The predicted octanol–water partition coefficient (Wildman–Crippen LogP) is 1.75. The Kier molecular flexibility index (Phi) is 3.23. The van der Waals surface area contributed by atoms with Gasteiger partial charge < -0.3 is 4.90 Å². The van der Waals surface area contributed by atoms with E-state index in [9.17, 15) is 5.26 Å². The fourth-order valence-electron chi connectivity index (χ4n) is 2.37. The summed E-state index contributed by atoms with van der Waals surface area (Å²) < 4.78 is 0. The number of hydrogen-bond acceptors (Lipinski definition) is 3. The van der Waals surface area contributed by atoms with E-state index in [4.69, 9.17) is 0 Å². The van der Waals surface area contributed by atoms with Crippen molar-refractivity contribution in [2.75, 3.05) is 13.6 Å². The van der Waals surface area contributed by atoms with Gasteiger partial charge in [0.1, 0.15) is 5.54 Å². The van der Waals surface area contributed by atoms with E-state index in [0.717, 1.165) is 12.5 Å². The van der Waals surface area contributed by atoms with Gasteiger partial charge in [-0.1, -0.05) is 0 Å². The second kappa shape index (κ2) is 4.35. The van der Waals surface area contributed by atoms with Gasteiger partial charge in [-0.25, -0.2) is 0 Å². The highest BCUT2D eigenvalue weighted by molar-refractivity contribution is 5.09. The smallest absolute Gasteiger partial charge is 0.116 e. The molecule has 0 bridgehead atoms. The lowest BCUT2D eigenvalue weighted by molar-refractivity contribution is 0.191. The normalized spacial score (nSPS) is 26.2. The molecule has 0 aromatic rings. The van der Waals surface area contributed by atoms with Crippen LogP contribution < -0.4 is 5.32 Å². The molecule has 0 aliphatic heterocycles. The summed E-state index contributed by atoms with van der Waals surface area (Å²) in [5.74, 6) is 0.869. The summed E-state index contributed by atoms with van der Waals surface area (Å²) in [5.41, 5.74) is -0.376. The van der Waals surface area contributed by atoms with E-state index in [1.54, 1.807) is 0 Å². The molecule has 0 aromatic carbocycles. The van der Waals surface area contributed by atoms with Gasteiger partial charge in [0.2, 0.25) is 0 Å². The molecule has 2 fully saturated rings. The Hall–Kier alpha value is -0.590. The molecule has 0 aromatic heterocycles. The zero-order chi connectivity index (χ0) is 11.8. The number of nitriles is 1. The third kappa shape index (κ3) is 2.96. The summed E-state index contributed by atoms with van der Waals surface area (Å²) >= 11 is 0. The van der Waals surface area contributed by atoms with E-state index < -0.39 is 0 Å². The van der Waals surface area contributed by atoms with Gasteiger partial charge in [-0.05, 0) is 52.5 Å². The van der Waals surface area contributed by atoms with Crippen molar-refractivity contribution in [1.29, 1.82) is 5.26 Å². The fraction of sp³-hybridized carbons (Fsp3) is 0.923. The van der Waals surface area contributed by atoms with Crippen LogP contribution in [0.5, 0.6) is 0 Å². The van der Waals surface area contributed by atoms with Crippen LogP contribution >= 0.6 is 0 Å². The van der Waals surface area contributed by atoms with E-state index in [-0.39, 0.29) is 5.54 Å². The minimum Gasteiger partial charge on any atom is -0.301 e. The van der Waals surface area contributed by atoms with Gasteiger partial charge in [0.15, 0.2) is 0 Å². The second-order valence-corrected chi connectivity index (χ2v) is 5.86. The number of likely N-dealkylation sites (N-methyl/N-ethyl adjacent to an activating group) is 1. The number of nitrogens with zero attached hydrogens (tertiary/aromatic N) is 2. The molecule has 0 saturated heterocycles. The lowest BCUT2D eigenvalue weighted by Crippen LogP contribution is -2.52. The van der Waals surface area contributed by atoms with Gasteiger partial charge in [-0.3, -0.25) is 5.32 Å². The molecule has 1 N–H and O–H groups in total. The molecule has 0 spiro atoms. The minimum atomic E-state index is -0.376. The van der Waals surface area contributed by atoms with Crippen LogP contribution in [0.25, 0.3) is 0 Å². The molecule has 0 amide bonds. The summed E-state index contributed by atoms with van der Waals surface area (Å²) in [7, 11) is 2.15. The van der Waals surface area contributed by atoms with Crippen molar-refractivity contribution >= 4 is 0 Å². The predicted molar refractivity (Wildman–Crippen MR) is 65.0 cm³/mol. The van der Waals surface area contributed by atoms with Gasteiger partial charge in [-0.15, -0.1) is 0 Å². The highest BCUT2D eigenvalue weighted by Gasteiger charge is 2.37. The molecule has 2 aliphatic rings. The lowest BCUT2D eigenvalue weighted by Gasteiger charge is -2.32. The summed E-state index contributed by atoms with van der Waals surface area (Å²) in [5, 5.41) is 12.8. The maximum absolute atomic E-state index is 9.31. The molecule has 2 saturated carbocycles. The van der Waals surface area contributed by atoms with Crippen LogP contribution in [0.3, 0.4) is 0 Å². The van der Waals surface area contributed by atoms with Gasteiger partial charge in [0, 0.05) is 18.6 Å². The molecule has 2 atom stereocenters. The Morgan fingerprint density at radius 1 is 1.44 bits per heavy atom. The molecule has 2 unspecified atom stereocenters. The maximum Gasteiger partial charge on any atom is 0.116 e. The first-order valence-corrected chi connectivity index (χ1v) is 6.43. The fourth-order valence-corrected chi connectivity index (χ4v) is 2.37. The maximum atomic E-state index is 9.31. The molecule has 0 heterocycles. The monoisotopic (exact) mass is 221 g/mol. The van der Waals surface area contributed by atoms with Crippen LogP contribution in [0.1, 0.15) is 39.5 Å². The molecule has 90 valence electrons. The van der Waals surface area contributed by atoms with Crippen molar-refractivity contribution in [3.63, 3.8) is 0 Å². The van der Waals surface area contributed by atoms with Crippen LogP contribution in [-0.4, -0.2) is 36.1 Å². The average Bonchev–Trinajstić information content (AvgIpc) is 3.09. The van der Waals surface area contributed by atoms with Crippen LogP contribution in [0.4, 0.5) is 0 Å². The first-order valence-electron chi connectivity index (χ1n) is 6.43. The van der Waals surface area contributed by atoms with Crippen LogP contribution in [0, 0.1) is 17.2 Å². The third-order valence-electron chi connectivity index (χ3n) is 3.91. The first kappa shape index (κ1) is 11.9. The van der Waals surface area contributed by atoms with Gasteiger partial charge >= 0.3 is 0 Å². The standard InChI is InChI=1S/C13H23N3/c1-10(11-4-5-11)16(3)9-13(2,8-14)15-12-6-7-12/h10-12,15H,4-7,9H2,1-3H3. The van der Waals surface area contributed by atoms with E-state index in [1.807, 2.05) is 6.92 Å². The van der Waals surface area contributed by atoms with Crippen LogP contribution in [0.2, 0.25) is 0 Å². The minimum absolute atomic E-state index is 0.376. The summed E-state index contributed by atoms with van der Waals surface area (Å²) in [6.45, 7) is 5.14. The Morgan fingerprint density at radius 2 is 2.06 bits per heavy atom. The second-order valence-electron chi connectivity index (χ2n) is 5.86. The molecular formula is C13H23N3. The zero-order valence-electron chi connectivity index (χ0n) is 10.7. The Bertz CT molecular complexity index is 288. The van der Waals surface area contributed by atoms with Crippen molar-refractivity contribution in [2.24, 2.45) is 5.92 Å². The summed E-state index contributed by atoms with van der Waals surface area (Å²) in [6, 6.07) is 3.65. The van der Waals surface area contributed by atoms with Crippen molar-refractivity contribution in [1.82, 2.24) is 10.2 Å². The summed E-state index contributed by atoms with van der Waals surface area (Å²) in [4.78, 5) is 2.34. The Balaban J connectivity index is 1.86. The number of rotatable bonds is 6. The van der Waals surface area contributed by atoms with Crippen molar-refractivity contribution in [3.8, 4) is 6.07 Å². The van der Waals surface area contributed by atoms with E-state index in [2.05, 4.69) is 30.3 Å². The highest BCUT2D eigenvalue weighted by atomic mass is 15.2. The van der Waals surface area contributed by atoms with Crippen LogP contribution in [-0.2, 0) is 0 Å². The molecule has 0 radical (unpaired) electrons. The Labute approximate surface area is 98.8 Å². The molecule has 2 aliphatic carbocycles. The van der Waals surface area contributed by atoms with E-state index in [0.29, 0.717) is 12.1 Å². The molecule has 3 heteroatoms.